The monoisotopic (exact) mass is 589 g/mol. The zero-order valence-corrected chi connectivity index (χ0v) is 24.8. The lowest BCUT2D eigenvalue weighted by Crippen LogP contribution is -2.49. The second-order valence-corrected chi connectivity index (χ2v) is 11.3. The number of morpholine rings is 1. The number of aromatic nitrogens is 1. The SMILES string of the molecule is [C-]#[N+]c1cncc(COc2cc(OCc3cccc(-c4ccccc4)c3C)c3c(c2CN2CCOC[C@H]2C(=O)O)CCC3)c1. The summed E-state index contributed by atoms with van der Waals surface area (Å²) in [6, 6.07) is 19.7. The molecule has 0 radical (unpaired) electrons. The summed E-state index contributed by atoms with van der Waals surface area (Å²) < 4.78 is 18.5. The van der Waals surface area contributed by atoms with Gasteiger partial charge >= 0.3 is 5.97 Å². The molecular weight excluding hydrogens is 554 g/mol. The number of rotatable bonds is 10. The van der Waals surface area contributed by atoms with Crippen LogP contribution in [0.5, 0.6) is 11.5 Å². The molecule has 0 amide bonds. The summed E-state index contributed by atoms with van der Waals surface area (Å²) in [5, 5.41) is 9.88. The molecule has 2 heterocycles. The Morgan fingerprint density at radius 1 is 1.05 bits per heavy atom. The predicted molar refractivity (Wildman–Crippen MR) is 167 cm³/mol. The minimum absolute atomic E-state index is 0.158. The molecule has 1 fully saturated rings. The molecule has 8 heteroatoms. The molecule has 3 aromatic carbocycles. The van der Waals surface area contributed by atoms with Crippen molar-refractivity contribution >= 4 is 11.7 Å². The highest BCUT2D eigenvalue weighted by molar-refractivity contribution is 5.74. The van der Waals surface area contributed by atoms with Gasteiger partial charge < -0.3 is 19.3 Å². The second kappa shape index (κ2) is 13.3. The molecular formula is C36H35N3O5. The van der Waals surface area contributed by atoms with Crippen molar-refractivity contribution in [3.8, 4) is 22.6 Å². The van der Waals surface area contributed by atoms with E-state index in [4.69, 9.17) is 20.8 Å². The Morgan fingerprint density at radius 3 is 2.68 bits per heavy atom. The number of carboxylic acid groups (broad SMARTS) is 1. The van der Waals surface area contributed by atoms with Gasteiger partial charge in [0.05, 0.1) is 19.8 Å². The van der Waals surface area contributed by atoms with E-state index in [1.165, 1.54) is 34.0 Å². The maximum absolute atomic E-state index is 12.1. The van der Waals surface area contributed by atoms with Gasteiger partial charge in [-0.25, -0.2) is 4.85 Å². The van der Waals surface area contributed by atoms with Crippen molar-refractivity contribution in [3.05, 3.63) is 118 Å². The molecule has 0 saturated carbocycles. The Kier molecular flexibility index (Phi) is 8.87. The number of fused-ring (bicyclic) bond motifs is 1. The Labute approximate surface area is 257 Å². The van der Waals surface area contributed by atoms with E-state index in [1.54, 1.807) is 12.3 Å². The van der Waals surface area contributed by atoms with Gasteiger partial charge in [-0.05, 0) is 71.2 Å². The molecule has 4 aromatic rings. The molecule has 0 bridgehead atoms. The molecule has 1 N–H and O–H groups in total. The van der Waals surface area contributed by atoms with Crippen LogP contribution in [0.25, 0.3) is 16.0 Å². The summed E-state index contributed by atoms with van der Waals surface area (Å²) in [7, 11) is 0. The minimum Gasteiger partial charge on any atom is -0.488 e. The number of carbonyl (C=O) groups is 1. The Hall–Kier alpha value is -4.71. The third-order valence-electron chi connectivity index (χ3n) is 8.54. The van der Waals surface area contributed by atoms with E-state index in [2.05, 4.69) is 47.1 Å². The van der Waals surface area contributed by atoms with Crippen molar-refractivity contribution in [1.82, 2.24) is 9.88 Å². The van der Waals surface area contributed by atoms with E-state index in [9.17, 15) is 9.90 Å². The topological polar surface area (TPSA) is 85.5 Å². The van der Waals surface area contributed by atoms with Crippen LogP contribution in [-0.2, 0) is 42.1 Å². The largest absolute Gasteiger partial charge is 0.488 e. The third-order valence-corrected chi connectivity index (χ3v) is 8.54. The van der Waals surface area contributed by atoms with Crippen LogP contribution in [-0.4, -0.2) is 46.8 Å². The van der Waals surface area contributed by atoms with Gasteiger partial charge in [0.25, 0.3) is 0 Å². The average Bonchev–Trinajstić information content (AvgIpc) is 3.55. The highest BCUT2D eigenvalue weighted by Gasteiger charge is 2.32. The number of pyridine rings is 1. The second-order valence-electron chi connectivity index (χ2n) is 11.3. The number of hydrogen-bond donors (Lipinski definition) is 1. The summed E-state index contributed by atoms with van der Waals surface area (Å²) in [4.78, 5) is 21.7. The molecule has 1 aromatic heterocycles. The standard InChI is InChI=1S/C36H35N3O5/c1-24-27(10-6-11-29(24)26-8-4-3-5-9-26)22-44-34-17-35(43-21-25-16-28(37-2)19-38-18-25)32(30-12-7-13-31(30)34)20-39-14-15-42-23-33(39)36(40)41/h3-6,8-11,16-19,33H,7,12-15,20-23H2,1H3,(H,40,41)/t33-/m0/s1. The predicted octanol–water partition coefficient (Wildman–Crippen LogP) is 6.54. The summed E-state index contributed by atoms with van der Waals surface area (Å²) in [6.07, 6.45) is 5.99. The van der Waals surface area contributed by atoms with Crippen molar-refractivity contribution < 1.29 is 24.1 Å². The molecule has 6 rings (SSSR count). The normalized spacial score (nSPS) is 16.2. The Bertz CT molecular complexity index is 1700. The van der Waals surface area contributed by atoms with Crippen LogP contribution >= 0.6 is 0 Å². The maximum Gasteiger partial charge on any atom is 0.323 e. The van der Waals surface area contributed by atoms with Gasteiger partial charge in [0.1, 0.15) is 30.8 Å². The molecule has 1 atom stereocenters. The molecule has 0 spiro atoms. The highest BCUT2D eigenvalue weighted by atomic mass is 16.5. The lowest BCUT2D eigenvalue weighted by molar-refractivity contribution is -0.150. The average molecular weight is 590 g/mol. The lowest BCUT2D eigenvalue weighted by atomic mass is 9.96. The fourth-order valence-electron chi connectivity index (χ4n) is 6.18. The summed E-state index contributed by atoms with van der Waals surface area (Å²) in [6.45, 7) is 11.7. The first-order chi connectivity index (χ1) is 21.5. The van der Waals surface area contributed by atoms with E-state index in [-0.39, 0.29) is 13.2 Å². The molecule has 224 valence electrons. The summed E-state index contributed by atoms with van der Waals surface area (Å²) >= 11 is 0. The van der Waals surface area contributed by atoms with E-state index in [0.29, 0.717) is 37.7 Å². The number of nitrogens with zero attached hydrogens (tertiary/aromatic N) is 3. The van der Waals surface area contributed by atoms with Crippen LogP contribution in [0.15, 0.2) is 73.1 Å². The molecule has 1 aliphatic heterocycles. The van der Waals surface area contributed by atoms with Crippen molar-refractivity contribution in [2.75, 3.05) is 19.8 Å². The lowest BCUT2D eigenvalue weighted by Gasteiger charge is -2.34. The fraction of sp³-hybridized carbons (Fsp3) is 0.306. The van der Waals surface area contributed by atoms with Gasteiger partial charge in [0.15, 0.2) is 0 Å². The fourth-order valence-corrected chi connectivity index (χ4v) is 6.18. The van der Waals surface area contributed by atoms with Gasteiger partial charge in [-0.3, -0.25) is 14.7 Å². The first-order valence-corrected chi connectivity index (χ1v) is 14.9. The van der Waals surface area contributed by atoms with Crippen LogP contribution in [0.3, 0.4) is 0 Å². The van der Waals surface area contributed by atoms with E-state index in [0.717, 1.165) is 41.7 Å². The van der Waals surface area contributed by atoms with E-state index < -0.39 is 12.0 Å². The van der Waals surface area contributed by atoms with Gasteiger partial charge in [-0.1, -0.05) is 48.5 Å². The van der Waals surface area contributed by atoms with E-state index in [1.807, 2.05) is 29.2 Å². The third kappa shape index (κ3) is 6.30. The number of aliphatic carboxylic acids is 1. The molecule has 2 aliphatic rings. The minimum atomic E-state index is -0.890. The molecule has 44 heavy (non-hydrogen) atoms. The van der Waals surface area contributed by atoms with Crippen LogP contribution < -0.4 is 9.47 Å². The molecule has 1 aliphatic carbocycles. The highest BCUT2D eigenvalue weighted by Crippen LogP contribution is 2.41. The van der Waals surface area contributed by atoms with Crippen molar-refractivity contribution in [2.45, 2.75) is 52.0 Å². The summed E-state index contributed by atoms with van der Waals surface area (Å²) in [5.74, 6) is 0.573. The van der Waals surface area contributed by atoms with Gasteiger partial charge in [0, 0.05) is 37.1 Å². The number of hydrogen-bond acceptors (Lipinski definition) is 6. The van der Waals surface area contributed by atoms with Gasteiger partial charge in [-0.2, -0.15) is 0 Å². The molecule has 1 saturated heterocycles. The van der Waals surface area contributed by atoms with Crippen LogP contribution in [0.1, 0.15) is 39.8 Å². The van der Waals surface area contributed by atoms with Gasteiger partial charge in [-0.15, -0.1) is 0 Å². The van der Waals surface area contributed by atoms with Crippen molar-refractivity contribution in [1.29, 1.82) is 0 Å². The Balaban J connectivity index is 1.33. The first kappa shape index (κ1) is 29.4. The maximum atomic E-state index is 12.1. The first-order valence-electron chi connectivity index (χ1n) is 14.9. The quantitative estimate of drug-likeness (QED) is 0.210. The number of benzene rings is 3. The molecule has 8 nitrogen and oxygen atoms in total. The molecule has 0 unspecified atom stereocenters. The van der Waals surface area contributed by atoms with E-state index >= 15 is 0 Å². The zero-order chi connectivity index (χ0) is 30.5. The number of ether oxygens (including phenoxy) is 3. The van der Waals surface area contributed by atoms with Gasteiger partial charge in [0.2, 0.25) is 5.69 Å². The zero-order valence-electron chi connectivity index (χ0n) is 24.8. The number of carboxylic acids is 1. The van der Waals surface area contributed by atoms with Crippen LogP contribution in [0.4, 0.5) is 5.69 Å². The van der Waals surface area contributed by atoms with Crippen molar-refractivity contribution in [3.63, 3.8) is 0 Å². The van der Waals surface area contributed by atoms with Crippen molar-refractivity contribution in [2.24, 2.45) is 0 Å². The van der Waals surface area contributed by atoms with Crippen LogP contribution in [0.2, 0.25) is 0 Å². The van der Waals surface area contributed by atoms with Crippen LogP contribution in [0, 0.1) is 13.5 Å². The Morgan fingerprint density at radius 2 is 1.86 bits per heavy atom. The smallest absolute Gasteiger partial charge is 0.323 e. The summed E-state index contributed by atoms with van der Waals surface area (Å²) in [5.41, 5.74) is 9.24.